The Kier molecular flexibility index (Phi) is 4.25. The van der Waals surface area contributed by atoms with Gasteiger partial charge in [-0.2, -0.15) is 0 Å². The second kappa shape index (κ2) is 6.54. The number of rotatable bonds is 5. The summed E-state index contributed by atoms with van der Waals surface area (Å²) >= 11 is 1.64. The van der Waals surface area contributed by atoms with Crippen molar-refractivity contribution in [1.29, 1.82) is 5.41 Å². The molecule has 1 saturated heterocycles. The minimum absolute atomic E-state index is 0.664. The van der Waals surface area contributed by atoms with E-state index in [2.05, 4.69) is 41.3 Å². The Labute approximate surface area is 146 Å². The molecule has 1 atom stereocenters. The molecule has 0 radical (unpaired) electrons. The van der Waals surface area contributed by atoms with Crippen LogP contribution < -0.4 is 0 Å². The molecule has 3 heterocycles. The number of aromatic nitrogens is 1. The summed E-state index contributed by atoms with van der Waals surface area (Å²) in [6.45, 7) is 1.22. The van der Waals surface area contributed by atoms with E-state index >= 15 is 0 Å². The van der Waals surface area contributed by atoms with E-state index in [1.165, 1.54) is 41.4 Å². The molecule has 3 nitrogen and oxygen atoms in total. The Morgan fingerprint density at radius 1 is 1.38 bits per heavy atom. The van der Waals surface area contributed by atoms with Gasteiger partial charge in [0.15, 0.2) is 0 Å². The molecule has 0 aliphatic carbocycles. The summed E-state index contributed by atoms with van der Waals surface area (Å²) in [5.41, 5.74) is 4.55. The van der Waals surface area contributed by atoms with Crippen molar-refractivity contribution < 1.29 is 0 Å². The van der Waals surface area contributed by atoms with Gasteiger partial charge in [0, 0.05) is 34.4 Å². The number of fused-ring (bicyclic) bond motifs is 1. The molecule has 1 aliphatic rings. The third-order valence-electron chi connectivity index (χ3n) is 5.16. The van der Waals surface area contributed by atoms with Crippen LogP contribution in [-0.4, -0.2) is 35.2 Å². The number of benzene rings is 1. The molecule has 124 valence electrons. The molecule has 24 heavy (non-hydrogen) atoms. The number of nitrogens with zero attached hydrogens (tertiary/aromatic N) is 1. The van der Waals surface area contributed by atoms with E-state index < -0.39 is 0 Å². The number of nitrogens with one attached hydrogen (secondary N) is 2. The van der Waals surface area contributed by atoms with Crippen molar-refractivity contribution in [3.63, 3.8) is 0 Å². The van der Waals surface area contributed by atoms with Crippen LogP contribution in [0.15, 0.2) is 41.9 Å². The standard InChI is InChI=1S/C20H23N3S/c1-23-8-2-4-16(23)12-15-13-22-19-7-6-14(10-17(15)19)11-18(21)20-5-3-9-24-20/h3,5-7,9-10,13,16,21-22H,2,4,8,11-12H2,1H3/t16-/m1/s1. The number of likely N-dealkylation sites (N-methyl/N-ethyl adjacent to an activating group) is 1. The lowest BCUT2D eigenvalue weighted by Gasteiger charge is -2.18. The van der Waals surface area contributed by atoms with Crippen molar-refractivity contribution in [3.05, 3.63) is 57.9 Å². The summed E-state index contributed by atoms with van der Waals surface area (Å²) in [7, 11) is 2.24. The van der Waals surface area contributed by atoms with E-state index in [0.29, 0.717) is 18.2 Å². The maximum Gasteiger partial charge on any atom is 0.0529 e. The van der Waals surface area contributed by atoms with Crippen LogP contribution in [0.3, 0.4) is 0 Å². The van der Waals surface area contributed by atoms with E-state index in [-0.39, 0.29) is 0 Å². The molecule has 1 aliphatic heterocycles. The number of likely N-dealkylation sites (tertiary alicyclic amines) is 1. The minimum Gasteiger partial charge on any atom is -0.361 e. The molecule has 2 aromatic heterocycles. The van der Waals surface area contributed by atoms with E-state index in [4.69, 9.17) is 5.41 Å². The smallest absolute Gasteiger partial charge is 0.0529 e. The highest BCUT2D eigenvalue weighted by atomic mass is 32.1. The molecule has 0 bridgehead atoms. The molecule has 0 spiro atoms. The first-order chi connectivity index (χ1) is 11.7. The number of aromatic amines is 1. The summed E-state index contributed by atoms with van der Waals surface area (Å²) in [6.07, 6.45) is 6.59. The van der Waals surface area contributed by atoms with Crippen molar-refractivity contribution in [3.8, 4) is 0 Å². The van der Waals surface area contributed by atoms with Gasteiger partial charge < -0.3 is 15.3 Å². The normalized spacial score (nSPS) is 18.5. The number of H-pyrrole nitrogens is 1. The highest BCUT2D eigenvalue weighted by molar-refractivity contribution is 7.12. The van der Waals surface area contributed by atoms with Gasteiger partial charge in [-0.1, -0.05) is 12.1 Å². The van der Waals surface area contributed by atoms with Crippen molar-refractivity contribution in [1.82, 2.24) is 9.88 Å². The Balaban J connectivity index is 1.57. The van der Waals surface area contributed by atoms with E-state index in [0.717, 1.165) is 11.3 Å². The van der Waals surface area contributed by atoms with Gasteiger partial charge in [-0.3, -0.25) is 0 Å². The molecule has 0 saturated carbocycles. The van der Waals surface area contributed by atoms with Crippen LogP contribution >= 0.6 is 11.3 Å². The Bertz CT molecular complexity index is 847. The van der Waals surface area contributed by atoms with E-state index in [1.54, 1.807) is 11.3 Å². The molecule has 1 fully saturated rings. The van der Waals surface area contributed by atoms with Crippen molar-refractivity contribution >= 4 is 28.0 Å². The van der Waals surface area contributed by atoms with Gasteiger partial charge >= 0.3 is 0 Å². The predicted octanol–water partition coefficient (Wildman–Crippen LogP) is 4.48. The summed E-state index contributed by atoms with van der Waals surface area (Å²) in [5, 5.41) is 11.7. The van der Waals surface area contributed by atoms with Gasteiger partial charge in [0.05, 0.1) is 5.71 Å². The first kappa shape index (κ1) is 15.6. The summed E-state index contributed by atoms with van der Waals surface area (Å²) in [5.74, 6) is 0. The van der Waals surface area contributed by atoms with Crippen molar-refractivity contribution in [2.75, 3.05) is 13.6 Å². The van der Waals surface area contributed by atoms with Crippen LogP contribution in [0, 0.1) is 5.41 Å². The predicted molar refractivity (Wildman–Crippen MR) is 103 cm³/mol. The fraction of sp³-hybridized carbons (Fsp3) is 0.350. The van der Waals surface area contributed by atoms with Gasteiger partial charge in [0.25, 0.3) is 0 Å². The van der Waals surface area contributed by atoms with Crippen LogP contribution in [0.25, 0.3) is 10.9 Å². The zero-order chi connectivity index (χ0) is 16.5. The second-order valence-electron chi connectivity index (χ2n) is 6.81. The highest BCUT2D eigenvalue weighted by Gasteiger charge is 2.22. The number of hydrogen-bond acceptors (Lipinski definition) is 3. The zero-order valence-electron chi connectivity index (χ0n) is 14.0. The average Bonchev–Trinajstić information content (AvgIpc) is 3.31. The molecule has 4 rings (SSSR count). The van der Waals surface area contributed by atoms with Crippen molar-refractivity contribution in [2.45, 2.75) is 31.7 Å². The molecule has 2 N–H and O–H groups in total. The monoisotopic (exact) mass is 337 g/mol. The Morgan fingerprint density at radius 2 is 2.29 bits per heavy atom. The Morgan fingerprint density at radius 3 is 3.04 bits per heavy atom. The largest absolute Gasteiger partial charge is 0.361 e. The maximum absolute atomic E-state index is 8.31. The SMILES string of the molecule is CN1CCC[C@@H]1Cc1c[nH]c2ccc(CC(=N)c3cccs3)cc12. The minimum atomic E-state index is 0.664. The molecule has 0 amide bonds. The van der Waals surface area contributed by atoms with Crippen LogP contribution in [-0.2, 0) is 12.8 Å². The summed E-state index contributed by atoms with van der Waals surface area (Å²) in [4.78, 5) is 6.96. The topological polar surface area (TPSA) is 42.9 Å². The van der Waals surface area contributed by atoms with Crippen LogP contribution in [0.2, 0.25) is 0 Å². The van der Waals surface area contributed by atoms with E-state index in [1.807, 2.05) is 17.5 Å². The quantitative estimate of drug-likeness (QED) is 0.663. The fourth-order valence-electron chi connectivity index (χ4n) is 3.74. The molecule has 0 unspecified atom stereocenters. The van der Waals surface area contributed by atoms with E-state index in [9.17, 15) is 0 Å². The third-order valence-corrected chi connectivity index (χ3v) is 6.09. The van der Waals surface area contributed by atoms with Crippen LogP contribution in [0.5, 0.6) is 0 Å². The highest BCUT2D eigenvalue weighted by Crippen LogP contribution is 2.26. The Hall–Kier alpha value is -1.91. The fourth-order valence-corrected chi connectivity index (χ4v) is 4.41. The third kappa shape index (κ3) is 3.04. The van der Waals surface area contributed by atoms with Crippen LogP contribution in [0.4, 0.5) is 0 Å². The van der Waals surface area contributed by atoms with Gasteiger partial charge in [-0.05, 0) is 67.6 Å². The average molecular weight is 337 g/mol. The molecular formula is C20H23N3S. The second-order valence-corrected chi connectivity index (χ2v) is 7.75. The molecular weight excluding hydrogens is 314 g/mol. The number of hydrogen-bond donors (Lipinski definition) is 2. The van der Waals surface area contributed by atoms with Gasteiger partial charge in [0.1, 0.15) is 0 Å². The summed E-state index contributed by atoms with van der Waals surface area (Å²) in [6, 6.07) is 11.3. The lowest BCUT2D eigenvalue weighted by molar-refractivity contribution is 0.310. The lowest BCUT2D eigenvalue weighted by atomic mass is 10.00. The molecule has 1 aromatic carbocycles. The maximum atomic E-state index is 8.31. The zero-order valence-corrected chi connectivity index (χ0v) is 14.8. The van der Waals surface area contributed by atoms with Gasteiger partial charge in [0.2, 0.25) is 0 Å². The first-order valence-electron chi connectivity index (χ1n) is 8.61. The first-order valence-corrected chi connectivity index (χ1v) is 9.49. The number of thiophene rings is 1. The van der Waals surface area contributed by atoms with Crippen molar-refractivity contribution in [2.24, 2.45) is 0 Å². The van der Waals surface area contributed by atoms with Gasteiger partial charge in [-0.25, -0.2) is 0 Å². The van der Waals surface area contributed by atoms with Gasteiger partial charge in [-0.15, -0.1) is 11.3 Å². The summed E-state index contributed by atoms with van der Waals surface area (Å²) < 4.78 is 0. The molecule has 3 aromatic rings. The molecule has 4 heteroatoms. The van der Waals surface area contributed by atoms with Crippen LogP contribution in [0.1, 0.15) is 28.8 Å². The lowest BCUT2D eigenvalue weighted by Crippen LogP contribution is -2.26.